The highest BCUT2D eigenvalue weighted by atomic mass is 16.3. The molecule has 0 saturated carbocycles. The van der Waals surface area contributed by atoms with Crippen LogP contribution in [0.3, 0.4) is 0 Å². The van der Waals surface area contributed by atoms with Gasteiger partial charge in [0.2, 0.25) is 0 Å². The number of aromatic nitrogens is 1. The van der Waals surface area contributed by atoms with Crippen LogP contribution in [0, 0.1) is 12.3 Å². The van der Waals surface area contributed by atoms with Gasteiger partial charge in [0.1, 0.15) is 11.6 Å². The Bertz CT molecular complexity index is 529. The molecule has 0 bridgehead atoms. The molecular weight excluding hydrogens is 188 g/mol. The Morgan fingerprint density at radius 2 is 2.27 bits per heavy atom. The van der Waals surface area contributed by atoms with Crippen molar-refractivity contribution in [3.8, 4) is 18.1 Å². The van der Waals surface area contributed by atoms with Crippen molar-refractivity contribution in [2.24, 2.45) is 0 Å². The molecule has 0 aliphatic rings. The number of nitrogens with one attached hydrogen (secondary N) is 1. The van der Waals surface area contributed by atoms with Crippen LogP contribution < -0.4 is 5.32 Å². The first-order valence-corrected chi connectivity index (χ1v) is 4.56. The van der Waals surface area contributed by atoms with Gasteiger partial charge in [0.05, 0.1) is 6.54 Å². The van der Waals surface area contributed by atoms with Gasteiger partial charge in [-0.15, -0.1) is 6.42 Å². The largest absolute Gasteiger partial charge is 0.508 e. The van der Waals surface area contributed by atoms with Gasteiger partial charge in [0, 0.05) is 11.6 Å². The third kappa shape index (κ3) is 1.84. The van der Waals surface area contributed by atoms with Gasteiger partial charge in [-0.1, -0.05) is 12.0 Å². The van der Waals surface area contributed by atoms with Gasteiger partial charge in [-0.2, -0.15) is 0 Å². The Kier molecular flexibility index (Phi) is 2.42. The molecule has 0 atom stereocenters. The quantitative estimate of drug-likeness (QED) is 0.725. The number of benzene rings is 1. The molecule has 1 aromatic heterocycles. The van der Waals surface area contributed by atoms with Gasteiger partial charge in [0.25, 0.3) is 0 Å². The number of hydrogen-bond acceptors (Lipinski definition) is 3. The normalized spacial score (nSPS) is 9.80. The van der Waals surface area contributed by atoms with E-state index in [1.807, 2.05) is 12.1 Å². The molecule has 0 amide bonds. The molecule has 2 aromatic rings. The Morgan fingerprint density at radius 3 is 3.07 bits per heavy atom. The van der Waals surface area contributed by atoms with Crippen molar-refractivity contribution in [1.29, 1.82) is 0 Å². The predicted octanol–water partition coefficient (Wildman–Crippen LogP) is 1.99. The highest BCUT2D eigenvalue weighted by Crippen LogP contribution is 2.24. The Balaban J connectivity index is 2.54. The van der Waals surface area contributed by atoms with Crippen LogP contribution in [0.4, 0.5) is 5.82 Å². The lowest BCUT2D eigenvalue weighted by atomic mass is 10.1. The summed E-state index contributed by atoms with van der Waals surface area (Å²) in [5, 5.41) is 14.3. The first kappa shape index (κ1) is 9.35. The lowest BCUT2D eigenvalue weighted by molar-refractivity contribution is 0.476. The summed E-state index contributed by atoms with van der Waals surface area (Å²) in [7, 11) is 0. The molecule has 0 radical (unpaired) electrons. The van der Waals surface area contributed by atoms with Gasteiger partial charge >= 0.3 is 0 Å². The smallest absolute Gasteiger partial charge is 0.134 e. The monoisotopic (exact) mass is 198 g/mol. The molecule has 2 rings (SSSR count). The zero-order valence-electron chi connectivity index (χ0n) is 8.07. The van der Waals surface area contributed by atoms with Gasteiger partial charge in [-0.25, -0.2) is 4.98 Å². The first-order chi connectivity index (χ1) is 7.31. The van der Waals surface area contributed by atoms with E-state index in [1.54, 1.807) is 18.3 Å². The maximum absolute atomic E-state index is 9.38. The van der Waals surface area contributed by atoms with Crippen molar-refractivity contribution in [3.63, 3.8) is 0 Å². The Hall–Kier alpha value is -2.21. The second-order valence-corrected chi connectivity index (χ2v) is 3.12. The summed E-state index contributed by atoms with van der Waals surface area (Å²) in [6.07, 6.45) is 6.87. The number of anilines is 1. The van der Waals surface area contributed by atoms with Crippen LogP contribution in [0.15, 0.2) is 30.5 Å². The van der Waals surface area contributed by atoms with E-state index in [2.05, 4.69) is 16.2 Å². The minimum absolute atomic E-state index is 0.222. The fraction of sp³-hybridized carbons (Fsp3) is 0.0833. The molecule has 2 N–H and O–H groups in total. The average molecular weight is 198 g/mol. The number of terminal acetylenes is 1. The number of nitrogens with zero attached hydrogens (tertiary/aromatic N) is 1. The topological polar surface area (TPSA) is 45.2 Å². The number of aromatic hydroxyl groups is 1. The van der Waals surface area contributed by atoms with Gasteiger partial charge < -0.3 is 10.4 Å². The predicted molar refractivity (Wildman–Crippen MR) is 60.7 cm³/mol. The molecule has 0 aliphatic carbocycles. The number of fused-ring (bicyclic) bond motifs is 1. The fourth-order valence-corrected chi connectivity index (χ4v) is 1.43. The van der Waals surface area contributed by atoms with E-state index < -0.39 is 0 Å². The second kappa shape index (κ2) is 3.89. The summed E-state index contributed by atoms with van der Waals surface area (Å²) < 4.78 is 0. The van der Waals surface area contributed by atoms with Crippen LogP contribution in [-0.4, -0.2) is 16.6 Å². The molecule has 1 heterocycles. The van der Waals surface area contributed by atoms with Crippen molar-refractivity contribution in [2.75, 3.05) is 11.9 Å². The van der Waals surface area contributed by atoms with E-state index in [0.717, 1.165) is 10.8 Å². The summed E-state index contributed by atoms with van der Waals surface area (Å²) in [5.41, 5.74) is 0. The standard InChI is InChI=1S/C12H10N2O/c1-2-6-13-12-11-8-10(15)4-3-9(11)5-7-14-12/h1,3-5,7-8,15H,6H2,(H,13,14). The summed E-state index contributed by atoms with van der Waals surface area (Å²) in [5.74, 6) is 3.40. The highest BCUT2D eigenvalue weighted by molar-refractivity contribution is 5.92. The maximum Gasteiger partial charge on any atom is 0.134 e. The van der Waals surface area contributed by atoms with Crippen molar-refractivity contribution in [3.05, 3.63) is 30.5 Å². The van der Waals surface area contributed by atoms with E-state index in [0.29, 0.717) is 12.4 Å². The van der Waals surface area contributed by atoms with Crippen LogP contribution >= 0.6 is 0 Å². The van der Waals surface area contributed by atoms with E-state index in [9.17, 15) is 5.11 Å². The number of hydrogen-bond donors (Lipinski definition) is 2. The molecule has 1 aromatic carbocycles. The summed E-state index contributed by atoms with van der Waals surface area (Å²) in [6.45, 7) is 0.418. The fourth-order valence-electron chi connectivity index (χ4n) is 1.43. The molecule has 0 spiro atoms. The number of phenolic OH excluding ortho intramolecular Hbond substituents is 1. The van der Waals surface area contributed by atoms with Crippen molar-refractivity contribution < 1.29 is 5.11 Å². The first-order valence-electron chi connectivity index (χ1n) is 4.56. The number of rotatable bonds is 2. The molecule has 0 saturated heterocycles. The average Bonchev–Trinajstić information content (AvgIpc) is 2.26. The minimum Gasteiger partial charge on any atom is -0.508 e. The van der Waals surface area contributed by atoms with E-state index in [4.69, 9.17) is 6.42 Å². The minimum atomic E-state index is 0.222. The highest BCUT2D eigenvalue weighted by Gasteiger charge is 2.01. The third-order valence-corrected chi connectivity index (χ3v) is 2.11. The van der Waals surface area contributed by atoms with Crippen LogP contribution in [-0.2, 0) is 0 Å². The summed E-state index contributed by atoms with van der Waals surface area (Å²) >= 11 is 0. The van der Waals surface area contributed by atoms with Crippen molar-refractivity contribution >= 4 is 16.6 Å². The zero-order valence-corrected chi connectivity index (χ0v) is 8.07. The Morgan fingerprint density at radius 1 is 1.40 bits per heavy atom. The molecule has 0 unspecified atom stereocenters. The summed E-state index contributed by atoms with van der Waals surface area (Å²) in [4.78, 5) is 4.17. The van der Waals surface area contributed by atoms with Crippen LogP contribution in [0.25, 0.3) is 10.8 Å². The molecule has 0 aliphatic heterocycles. The van der Waals surface area contributed by atoms with Crippen LogP contribution in [0.1, 0.15) is 0 Å². The molecule has 3 heteroatoms. The van der Waals surface area contributed by atoms with Crippen molar-refractivity contribution in [1.82, 2.24) is 4.98 Å². The third-order valence-electron chi connectivity index (χ3n) is 2.11. The van der Waals surface area contributed by atoms with Gasteiger partial charge in [0.15, 0.2) is 0 Å². The SMILES string of the molecule is C#CCNc1nccc2ccc(O)cc12. The molecule has 15 heavy (non-hydrogen) atoms. The zero-order chi connectivity index (χ0) is 10.7. The van der Waals surface area contributed by atoms with Crippen LogP contribution in [0.5, 0.6) is 5.75 Å². The lowest BCUT2D eigenvalue weighted by Gasteiger charge is -2.06. The molecule has 3 nitrogen and oxygen atoms in total. The van der Waals surface area contributed by atoms with Gasteiger partial charge in [-0.05, 0) is 23.6 Å². The van der Waals surface area contributed by atoms with Gasteiger partial charge in [-0.3, -0.25) is 0 Å². The maximum atomic E-state index is 9.38. The van der Waals surface area contributed by atoms with E-state index >= 15 is 0 Å². The number of phenols is 1. The Labute approximate surface area is 87.8 Å². The van der Waals surface area contributed by atoms with E-state index in [-0.39, 0.29) is 5.75 Å². The molecule has 74 valence electrons. The number of pyridine rings is 1. The molecule has 0 fully saturated rings. The summed E-state index contributed by atoms with van der Waals surface area (Å²) in [6, 6.07) is 7.04. The van der Waals surface area contributed by atoms with Crippen molar-refractivity contribution in [2.45, 2.75) is 0 Å². The second-order valence-electron chi connectivity index (χ2n) is 3.12. The van der Waals surface area contributed by atoms with Crippen LogP contribution in [0.2, 0.25) is 0 Å². The van der Waals surface area contributed by atoms with E-state index in [1.165, 1.54) is 0 Å². The molecular formula is C12H10N2O. The lowest BCUT2D eigenvalue weighted by Crippen LogP contribution is -2.00.